The van der Waals surface area contributed by atoms with Gasteiger partial charge in [0.15, 0.2) is 0 Å². The summed E-state index contributed by atoms with van der Waals surface area (Å²) in [7, 11) is 1.36. The summed E-state index contributed by atoms with van der Waals surface area (Å²) in [4.78, 5) is 26.7. The quantitative estimate of drug-likeness (QED) is 0.759. The molecule has 0 spiro atoms. The van der Waals surface area contributed by atoms with Crippen LogP contribution < -0.4 is 0 Å². The summed E-state index contributed by atoms with van der Waals surface area (Å²) in [6.45, 7) is 2.43. The summed E-state index contributed by atoms with van der Waals surface area (Å²) in [5.41, 5.74) is 3.38. The zero-order valence-corrected chi connectivity index (χ0v) is 15.9. The number of amides is 1. The first-order valence-electron chi connectivity index (χ1n) is 8.65. The number of hydrogen-bond acceptors (Lipinski definition) is 4. The Morgan fingerprint density at radius 3 is 2.74 bits per heavy atom. The smallest absolute Gasteiger partial charge is 0.338 e. The highest BCUT2D eigenvalue weighted by molar-refractivity contribution is 6.31. The van der Waals surface area contributed by atoms with Crippen molar-refractivity contribution in [2.75, 3.05) is 13.7 Å². The summed E-state index contributed by atoms with van der Waals surface area (Å²) in [6.07, 6.45) is 0.642. The molecule has 0 saturated heterocycles. The first kappa shape index (κ1) is 18.9. The lowest BCUT2D eigenvalue weighted by Crippen LogP contribution is -2.40. The fourth-order valence-electron chi connectivity index (χ4n) is 3.61. The Labute approximate surface area is 163 Å². The number of ether oxygens (including phenoxy) is 1. The maximum absolute atomic E-state index is 12.9. The topological polar surface area (TPSA) is 70.4 Å². The highest BCUT2D eigenvalue weighted by Crippen LogP contribution is 2.32. The van der Waals surface area contributed by atoms with Gasteiger partial charge in [-0.05, 0) is 48.2 Å². The molecule has 2 aromatic rings. The monoisotopic (exact) mass is 382 g/mol. The maximum atomic E-state index is 12.9. The molecule has 0 bridgehead atoms. The third-order valence-electron chi connectivity index (χ3n) is 5.03. The molecule has 0 saturated carbocycles. The minimum Gasteiger partial charge on any atom is -0.465 e. The van der Waals surface area contributed by atoms with Crippen molar-refractivity contribution in [2.24, 2.45) is 0 Å². The molecule has 27 heavy (non-hydrogen) atoms. The summed E-state index contributed by atoms with van der Waals surface area (Å²) in [6, 6.07) is 12.4. The number of halogens is 1. The third-order valence-corrected chi connectivity index (χ3v) is 5.38. The minimum absolute atomic E-state index is 0.0684. The predicted octanol–water partition coefficient (Wildman–Crippen LogP) is 3.69. The van der Waals surface area contributed by atoms with Gasteiger partial charge in [-0.1, -0.05) is 29.8 Å². The normalized spacial score (nSPS) is 15.6. The number of nitriles is 1. The van der Waals surface area contributed by atoms with Gasteiger partial charge in [0.25, 0.3) is 0 Å². The van der Waals surface area contributed by atoms with Gasteiger partial charge in [0, 0.05) is 11.6 Å². The zero-order valence-electron chi connectivity index (χ0n) is 15.2. The first-order valence-corrected chi connectivity index (χ1v) is 9.02. The van der Waals surface area contributed by atoms with Crippen molar-refractivity contribution in [1.29, 1.82) is 5.26 Å². The first-order chi connectivity index (χ1) is 13.0. The van der Waals surface area contributed by atoms with Crippen molar-refractivity contribution in [2.45, 2.75) is 25.8 Å². The van der Waals surface area contributed by atoms with E-state index in [-0.39, 0.29) is 24.3 Å². The fourth-order valence-corrected chi connectivity index (χ4v) is 3.85. The van der Waals surface area contributed by atoms with Crippen molar-refractivity contribution in [3.05, 3.63) is 69.2 Å². The van der Waals surface area contributed by atoms with Crippen LogP contribution in [0.5, 0.6) is 0 Å². The van der Waals surface area contributed by atoms with Crippen molar-refractivity contribution >= 4 is 23.5 Å². The molecule has 0 aromatic heterocycles. The highest BCUT2D eigenvalue weighted by Gasteiger charge is 2.30. The van der Waals surface area contributed by atoms with Gasteiger partial charge in [-0.15, -0.1) is 0 Å². The van der Waals surface area contributed by atoms with Crippen LogP contribution in [-0.2, 0) is 22.4 Å². The predicted molar refractivity (Wildman–Crippen MR) is 101 cm³/mol. The summed E-state index contributed by atoms with van der Waals surface area (Å²) in [5.74, 6) is -0.463. The van der Waals surface area contributed by atoms with Crippen molar-refractivity contribution in [1.82, 2.24) is 4.90 Å². The number of fused-ring (bicyclic) bond motifs is 1. The van der Waals surface area contributed by atoms with E-state index in [0.29, 0.717) is 34.7 Å². The van der Waals surface area contributed by atoms with Gasteiger partial charge in [0.2, 0.25) is 5.91 Å². The van der Waals surface area contributed by atoms with E-state index in [4.69, 9.17) is 16.3 Å². The fraction of sp³-hybridized carbons (Fsp3) is 0.286. The van der Waals surface area contributed by atoms with Crippen molar-refractivity contribution in [3.8, 4) is 6.07 Å². The van der Waals surface area contributed by atoms with E-state index in [9.17, 15) is 14.9 Å². The van der Waals surface area contributed by atoms with Crippen LogP contribution in [0.15, 0.2) is 36.4 Å². The number of nitrogens with zero attached hydrogens (tertiary/aromatic N) is 2. The third kappa shape index (κ3) is 3.54. The number of methoxy groups -OCH3 is 1. The van der Waals surface area contributed by atoms with Crippen LogP contribution in [0.25, 0.3) is 0 Å². The van der Waals surface area contributed by atoms with Gasteiger partial charge < -0.3 is 9.64 Å². The second-order valence-electron chi connectivity index (χ2n) is 6.43. The van der Waals surface area contributed by atoms with Gasteiger partial charge in [-0.25, -0.2) is 4.79 Å². The molecular formula is C21H19ClN2O3. The SMILES string of the molecule is COC(=O)c1cccc2c1CCN(C(=O)Cc1c(Cl)cccc1C#N)[C@H]2C. The van der Waals surface area contributed by atoms with Gasteiger partial charge in [-0.2, -0.15) is 5.26 Å². The molecule has 0 unspecified atom stereocenters. The number of benzene rings is 2. The van der Waals surface area contributed by atoms with E-state index in [1.807, 2.05) is 13.0 Å². The molecule has 1 aliphatic rings. The Hall–Kier alpha value is -2.84. The van der Waals surface area contributed by atoms with Crippen LogP contribution in [0.2, 0.25) is 5.02 Å². The molecule has 1 amide bonds. The van der Waals surface area contributed by atoms with Crippen LogP contribution in [0.4, 0.5) is 0 Å². The van der Waals surface area contributed by atoms with Crippen LogP contribution in [0.1, 0.15) is 45.6 Å². The molecule has 1 aliphatic heterocycles. The van der Waals surface area contributed by atoms with E-state index in [1.54, 1.807) is 35.2 Å². The summed E-state index contributed by atoms with van der Waals surface area (Å²) in [5, 5.41) is 9.69. The number of carbonyl (C=O) groups excluding carboxylic acids is 2. The van der Waals surface area contributed by atoms with E-state index < -0.39 is 0 Å². The molecule has 0 fully saturated rings. The maximum Gasteiger partial charge on any atom is 0.338 e. The van der Waals surface area contributed by atoms with E-state index >= 15 is 0 Å². The summed E-state index contributed by atoms with van der Waals surface area (Å²) >= 11 is 6.21. The lowest BCUT2D eigenvalue weighted by molar-refractivity contribution is -0.133. The Morgan fingerprint density at radius 1 is 1.30 bits per heavy atom. The van der Waals surface area contributed by atoms with Crippen molar-refractivity contribution in [3.63, 3.8) is 0 Å². The van der Waals surface area contributed by atoms with E-state index in [0.717, 1.165) is 11.1 Å². The van der Waals surface area contributed by atoms with E-state index in [1.165, 1.54) is 7.11 Å². The molecule has 0 radical (unpaired) electrons. The van der Waals surface area contributed by atoms with Crippen LogP contribution in [0.3, 0.4) is 0 Å². The Bertz CT molecular complexity index is 949. The standard InChI is InChI=1S/C21H19ClN2O3/c1-13-15-6-4-7-17(21(26)27-2)16(15)9-10-24(13)20(25)11-18-14(12-23)5-3-8-19(18)22/h3-8,13H,9-11H2,1-2H3/t13-/m0/s1. The van der Waals surface area contributed by atoms with Gasteiger partial charge >= 0.3 is 5.97 Å². The molecule has 6 heteroatoms. The van der Waals surface area contributed by atoms with Crippen LogP contribution in [0, 0.1) is 11.3 Å². The van der Waals surface area contributed by atoms with Gasteiger partial charge in [0.05, 0.1) is 36.8 Å². The second kappa shape index (κ2) is 7.81. The molecule has 0 aliphatic carbocycles. The average molecular weight is 383 g/mol. The number of rotatable bonds is 3. The molecule has 1 atom stereocenters. The Morgan fingerprint density at radius 2 is 2.04 bits per heavy atom. The zero-order chi connectivity index (χ0) is 19.6. The average Bonchev–Trinajstić information content (AvgIpc) is 2.68. The molecule has 5 nitrogen and oxygen atoms in total. The second-order valence-corrected chi connectivity index (χ2v) is 6.84. The minimum atomic E-state index is -0.367. The molecule has 138 valence electrons. The molecule has 1 heterocycles. The Balaban J connectivity index is 1.88. The van der Waals surface area contributed by atoms with Gasteiger partial charge in [-0.3, -0.25) is 4.79 Å². The molecular weight excluding hydrogens is 364 g/mol. The Kier molecular flexibility index (Phi) is 5.48. The van der Waals surface area contributed by atoms with Gasteiger partial charge in [0.1, 0.15) is 0 Å². The molecule has 0 N–H and O–H groups in total. The molecule has 2 aromatic carbocycles. The highest BCUT2D eigenvalue weighted by atomic mass is 35.5. The van der Waals surface area contributed by atoms with Crippen molar-refractivity contribution < 1.29 is 14.3 Å². The summed E-state index contributed by atoms with van der Waals surface area (Å²) < 4.78 is 4.86. The van der Waals surface area contributed by atoms with E-state index in [2.05, 4.69) is 6.07 Å². The van der Waals surface area contributed by atoms with Crippen LogP contribution in [-0.4, -0.2) is 30.4 Å². The lowest BCUT2D eigenvalue weighted by atomic mass is 9.89. The number of carbonyl (C=O) groups is 2. The lowest BCUT2D eigenvalue weighted by Gasteiger charge is -2.36. The number of hydrogen-bond donors (Lipinski definition) is 0. The van der Waals surface area contributed by atoms with Crippen LogP contribution >= 0.6 is 11.6 Å². The molecule has 3 rings (SSSR count). The largest absolute Gasteiger partial charge is 0.465 e. The number of esters is 1.